The number of amides is 2. The Hall–Kier alpha value is -3.22. The summed E-state index contributed by atoms with van der Waals surface area (Å²) in [6, 6.07) is 15.3. The van der Waals surface area contributed by atoms with Gasteiger partial charge in [-0.15, -0.1) is 0 Å². The van der Waals surface area contributed by atoms with E-state index in [2.05, 4.69) is 4.90 Å². The molecule has 0 N–H and O–H groups in total. The predicted octanol–water partition coefficient (Wildman–Crippen LogP) is 2.16. The second-order valence-electron chi connectivity index (χ2n) is 7.12. The van der Waals surface area contributed by atoms with Gasteiger partial charge in [-0.1, -0.05) is 18.2 Å². The van der Waals surface area contributed by atoms with Crippen molar-refractivity contribution in [3.05, 3.63) is 48.5 Å². The molecule has 4 rings (SSSR count). The van der Waals surface area contributed by atoms with E-state index in [-0.39, 0.29) is 24.8 Å². The van der Waals surface area contributed by atoms with Crippen LogP contribution >= 0.6 is 0 Å². The molecular weight excluding hydrogens is 370 g/mol. The Balaban J connectivity index is 1.40. The molecule has 2 aromatic rings. The highest BCUT2D eigenvalue weighted by Crippen LogP contribution is 2.31. The lowest BCUT2D eigenvalue weighted by Crippen LogP contribution is -2.52. The molecule has 7 nitrogen and oxygen atoms in total. The van der Waals surface area contributed by atoms with E-state index < -0.39 is 0 Å². The van der Waals surface area contributed by atoms with Crippen molar-refractivity contribution >= 4 is 23.2 Å². The first-order valence-electron chi connectivity index (χ1n) is 9.84. The van der Waals surface area contributed by atoms with Crippen LogP contribution in [-0.4, -0.2) is 63.2 Å². The monoisotopic (exact) mass is 395 g/mol. The molecule has 2 aromatic carbocycles. The lowest BCUT2D eigenvalue weighted by molar-refractivity contribution is -0.131. The molecule has 0 aliphatic carbocycles. The smallest absolute Gasteiger partial charge is 0.242 e. The van der Waals surface area contributed by atoms with Crippen LogP contribution in [-0.2, 0) is 9.59 Å². The molecule has 2 aliphatic rings. The maximum Gasteiger partial charge on any atom is 0.242 e. The van der Waals surface area contributed by atoms with Crippen molar-refractivity contribution in [1.82, 2.24) is 4.90 Å². The number of methoxy groups -OCH3 is 1. The second kappa shape index (κ2) is 8.43. The minimum absolute atomic E-state index is 0.0400. The molecule has 0 spiro atoms. The van der Waals surface area contributed by atoms with E-state index in [4.69, 9.17) is 9.47 Å². The van der Waals surface area contributed by atoms with Crippen molar-refractivity contribution < 1.29 is 19.1 Å². The fourth-order valence-corrected chi connectivity index (χ4v) is 3.75. The minimum Gasteiger partial charge on any atom is -0.497 e. The standard InChI is InChI=1S/C22H25N3O4/c1-28-18-6-4-5-17(15-18)23-10-12-24(13-11-23)22(27)16-25-19-7-2-3-8-20(19)29-14-9-21(25)26/h2-8,15H,9-14,16H2,1H3. The van der Waals surface area contributed by atoms with Crippen LogP contribution in [0.15, 0.2) is 48.5 Å². The van der Waals surface area contributed by atoms with Crippen LogP contribution in [0.5, 0.6) is 11.5 Å². The molecule has 7 heteroatoms. The summed E-state index contributed by atoms with van der Waals surface area (Å²) >= 11 is 0. The van der Waals surface area contributed by atoms with Gasteiger partial charge in [0.2, 0.25) is 11.8 Å². The third-order valence-electron chi connectivity index (χ3n) is 5.37. The summed E-state index contributed by atoms with van der Waals surface area (Å²) in [4.78, 5) is 31.1. The molecule has 1 fully saturated rings. The van der Waals surface area contributed by atoms with Crippen LogP contribution in [0.1, 0.15) is 6.42 Å². The SMILES string of the molecule is COc1cccc(N2CCN(C(=O)CN3C(=O)CCOc4ccccc43)CC2)c1. The van der Waals surface area contributed by atoms with Crippen LogP contribution in [0, 0.1) is 0 Å². The molecule has 1 saturated heterocycles. The van der Waals surface area contributed by atoms with Gasteiger partial charge < -0.3 is 19.3 Å². The molecule has 0 atom stereocenters. The Morgan fingerprint density at radius 2 is 1.86 bits per heavy atom. The number of hydrogen-bond donors (Lipinski definition) is 0. The van der Waals surface area contributed by atoms with Crippen molar-refractivity contribution in [3.8, 4) is 11.5 Å². The van der Waals surface area contributed by atoms with Crippen LogP contribution in [0.4, 0.5) is 11.4 Å². The number of carbonyl (C=O) groups excluding carboxylic acids is 2. The van der Waals surface area contributed by atoms with Crippen molar-refractivity contribution in [2.45, 2.75) is 6.42 Å². The van der Waals surface area contributed by atoms with Gasteiger partial charge in [0, 0.05) is 37.9 Å². The van der Waals surface area contributed by atoms with E-state index in [0.717, 1.165) is 24.5 Å². The molecule has 2 aliphatic heterocycles. The van der Waals surface area contributed by atoms with Gasteiger partial charge >= 0.3 is 0 Å². The summed E-state index contributed by atoms with van der Waals surface area (Å²) in [5.74, 6) is 1.34. The molecule has 0 bridgehead atoms. The van der Waals surface area contributed by atoms with Gasteiger partial charge in [0.15, 0.2) is 0 Å². The quantitative estimate of drug-likeness (QED) is 0.794. The molecule has 0 unspecified atom stereocenters. The minimum atomic E-state index is -0.0849. The number of piperazine rings is 1. The maximum absolute atomic E-state index is 12.9. The Morgan fingerprint density at radius 3 is 2.66 bits per heavy atom. The lowest BCUT2D eigenvalue weighted by Gasteiger charge is -2.37. The van der Waals surface area contributed by atoms with Gasteiger partial charge in [-0.3, -0.25) is 14.5 Å². The maximum atomic E-state index is 12.9. The van der Waals surface area contributed by atoms with Gasteiger partial charge in [-0.05, 0) is 24.3 Å². The normalized spacial score (nSPS) is 16.7. The Bertz CT molecular complexity index is 893. The zero-order chi connectivity index (χ0) is 20.2. The first-order chi connectivity index (χ1) is 14.2. The van der Waals surface area contributed by atoms with Crippen LogP contribution in [0.2, 0.25) is 0 Å². The average Bonchev–Trinajstić information content (AvgIpc) is 2.92. The van der Waals surface area contributed by atoms with Gasteiger partial charge in [0.25, 0.3) is 0 Å². The fraction of sp³-hybridized carbons (Fsp3) is 0.364. The van der Waals surface area contributed by atoms with Crippen molar-refractivity contribution in [2.75, 3.05) is 56.2 Å². The predicted molar refractivity (Wildman–Crippen MR) is 111 cm³/mol. The van der Waals surface area contributed by atoms with E-state index in [1.54, 1.807) is 12.0 Å². The third-order valence-corrected chi connectivity index (χ3v) is 5.37. The number of rotatable bonds is 4. The zero-order valence-electron chi connectivity index (χ0n) is 16.5. The van der Waals surface area contributed by atoms with Gasteiger partial charge in [-0.2, -0.15) is 0 Å². The topological polar surface area (TPSA) is 62.3 Å². The fourth-order valence-electron chi connectivity index (χ4n) is 3.75. The van der Waals surface area contributed by atoms with Gasteiger partial charge in [-0.25, -0.2) is 0 Å². The van der Waals surface area contributed by atoms with E-state index >= 15 is 0 Å². The van der Waals surface area contributed by atoms with E-state index in [1.807, 2.05) is 53.4 Å². The van der Waals surface area contributed by atoms with Crippen LogP contribution in [0.3, 0.4) is 0 Å². The summed E-state index contributed by atoms with van der Waals surface area (Å²) in [5, 5.41) is 0. The summed E-state index contributed by atoms with van der Waals surface area (Å²) < 4.78 is 11.0. The average molecular weight is 395 g/mol. The lowest BCUT2D eigenvalue weighted by atomic mass is 10.2. The van der Waals surface area contributed by atoms with Crippen molar-refractivity contribution in [1.29, 1.82) is 0 Å². The molecule has 0 radical (unpaired) electrons. The Kier molecular flexibility index (Phi) is 5.55. The number of nitrogens with zero attached hydrogens (tertiary/aromatic N) is 3. The summed E-state index contributed by atoms with van der Waals surface area (Å²) in [7, 11) is 1.66. The number of fused-ring (bicyclic) bond motifs is 1. The van der Waals surface area contributed by atoms with E-state index in [0.29, 0.717) is 31.1 Å². The number of hydrogen-bond acceptors (Lipinski definition) is 5. The zero-order valence-corrected chi connectivity index (χ0v) is 16.5. The third kappa shape index (κ3) is 4.13. The van der Waals surface area contributed by atoms with E-state index in [1.165, 1.54) is 0 Å². The number of carbonyl (C=O) groups is 2. The summed E-state index contributed by atoms with van der Waals surface area (Å²) in [5.41, 5.74) is 1.75. The van der Waals surface area contributed by atoms with Crippen molar-refractivity contribution in [3.63, 3.8) is 0 Å². The molecule has 29 heavy (non-hydrogen) atoms. The molecular formula is C22H25N3O4. The summed E-state index contributed by atoms with van der Waals surface area (Å²) in [6.07, 6.45) is 0.269. The highest BCUT2D eigenvalue weighted by atomic mass is 16.5. The second-order valence-corrected chi connectivity index (χ2v) is 7.12. The molecule has 2 amide bonds. The summed E-state index contributed by atoms with van der Waals surface area (Å²) in [6.45, 7) is 3.10. The van der Waals surface area contributed by atoms with Gasteiger partial charge in [0.1, 0.15) is 18.0 Å². The molecule has 0 aromatic heterocycles. The molecule has 0 saturated carbocycles. The van der Waals surface area contributed by atoms with Crippen molar-refractivity contribution in [2.24, 2.45) is 0 Å². The highest BCUT2D eigenvalue weighted by molar-refractivity contribution is 6.00. The largest absolute Gasteiger partial charge is 0.497 e. The highest BCUT2D eigenvalue weighted by Gasteiger charge is 2.28. The van der Waals surface area contributed by atoms with Crippen LogP contribution < -0.4 is 19.3 Å². The molecule has 2 heterocycles. The Morgan fingerprint density at radius 1 is 1.07 bits per heavy atom. The van der Waals surface area contributed by atoms with E-state index in [9.17, 15) is 9.59 Å². The number of para-hydroxylation sites is 2. The molecule has 152 valence electrons. The number of anilines is 2. The first-order valence-corrected chi connectivity index (χ1v) is 9.84. The first kappa shape index (κ1) is 19.1. The number of ether oxygens (including phenoxy) is 2. The van der Waals surface area contributed by atoms with Crippen LogP contribution in [0.25, 0.3) is 0 Å². The van der Waals surface area contributed by atoms with Gasteiger partial charge in [0.05, 0.1) is 25.8 Å². The Labute approximate surface area is 170 Å². The number of benzene rings is 2.